The molecule has 0 amide bonds. The Balaban J connectivity index is 2.39. The Morgan fingerprint density at radius 3 is 2.29 bits per heavy atom. The summed E-state index contributed by atoms with van der Waals surface area (Å²) < 4.78 is 0. The fraction of sp³-hybridized carbons (Fsp3) is 0.625. The van der Waals surface area contributed by atoms with Gasteiger partial charge in [-0.2, -0.15) is 0 Å². The molecular formula is C16H24O. The number of hydrogen-bond donors (Lipinski definition) is 1. The monoisotopic (exact) mass is 232 g/mol. The van der Waals surface area contributed by atoms with Crippen molar-refractivity contribution in [2.45, 2.75) is 52.6 Å². The molecule has 2 rings (SSSR count). The van der Waals surface area contributed by atoms with E-state index in [2.05, 4.69) is 45.9 Å². The van der Waals surface area contributed by atoms with Crippen molar-refractivity contribution >= 4 is 0 Å². The van der Waals surface area contributed by atoms with E-state index in [1.165, 1.54) is 17.5 Å². The molecule has 0 aromatic heterocycles. The molecule has 0 aliphatic heterocycles. The Hall–Kier alpha value is -0.820. The van der Waals surface area contributed by atoms with Crippen molar-refractivity contribution in [1.29, 1.82) is 0 Å². The summed E-state index contributed by atoms with van der Waals surface area (Å²) in [6.45, 7) is 8.72. The lowest BCUT2D eigenvalue weighted by atomic mass is 9.70. The Morgan fingerprint density at radius 1 is 1.12 bits per heavy atom. The van der Waals surface area contributed by atoms with E-state index in [0.29, 0.717) is 11.8 Å². The highest BCUT2D eigenvalue weighted by atomic mass is 16.3. The molecule has 17 heavy (non-hydrogen) atoms. The van der Waals surface area contributed by atoms with E-state index in [9.17, 15) is 5.11 Å². The van der Waals surface area contributed by atoms with Crippen molar-refractivity contribution < 1.29 is 5.11 Å². The summed E-state index contributed by atoms with van der Waals surface area (Å²) in [5, 5.41) is 11.0. The summed E-state index contributed by atoms with van der Waals surface area (Å²) in [7, 11) is 0. The number of benzene rings is 1. The smallest absolute Gasteiger partial charge is 0.0904 e. The lowest BCUT2D eigenvalue weighted by Gasteiger charge is -2.40. The van der Waals surface area contributed by atoms with Gasteiger partial charge in [-0.05, 0) is 56.1 Å². The van der Waals surface area contributed by atoms with Crippen molar-refractivity contribution in [2.24, 2.45) is 11.8 Å². The second-order valence-corrected chi connectivity index (χ2v) is 6.20. The van der Waals surface area contributed by atoms with Crippen LogP contribution in [0.5, 0.6) is 0 Å². The summed E-state index contributed by atoms with van der Waals surface area (Å²) in [4.78, 5) is 0. The highest BCUT2D eigenvalue weighted by Crippen LogP contribution is 2.43. The third kappa shape index (κ3) is 2.55. The van der Waals surface area contributed by atoms with Crippen LogP contribution in [0.2, 0.25) is 0 Å². The summed E-state index contributed by atoms with van der Waals surface area (Å²) >= 11 is 0. The van der Waals surface area contributed by atoms with Crippen LogP contribution in [0, 0.1) is 25.7 Å². The number of aliphatic hydroxyl groups is 1. The van der Waals surface area contributed by atoms with E-state index >= 15 is 0 Å². The predicted octanol–water partition coefficient (Wildman–Crippen LogP) is 3.95. The minimum Gasteiger partial charge on any atom is -0.385 e. The second kappa shape index (κ2) is 4.45. The molecule has 0 spiro atoms. The molecule has 2 unspecified atom stereocenters. The Kier molecular flexibility index (Phi) is 3.31. The number of hydrogen-bond acceptors (Lipinski definition) is 1. The van der Waals surface area contributed by atoms with E-state index in [1.807, 2.05) is 0 Å². The molecule has 94 valence electrons. The van der Waals surface area contributed by atoms with E-state index in [4.69, 9.17) is 0 Å². The molecule has 1 aromatic rings. The van der Waals surface area contributed by atoms with Crippen LogP contribution in [0.1, 0.15) is 49.8 Å². The van der Waals surface area contributed by atoms with Gasteiger partial charge in [0.05, 0.1) is 5.60 Å². The van der Waals surface area contributed by atoms with Crippen molar-refractivity contribution in [3.63, 3.8) is 0 Å². The van der Waals surface area contributed by atoms with Crippen molar-refractivity contribution in [2.75, 3.05) is 0 Å². The lowest BCUT2D eigenvalue weighted by molar-refractivity contribution is -0.0367. The first-order valence-corrected chi connectivity index (χ1v) is 6.71. The Labute approximate surface area is 105 Å². The van der Waals surface area contributed by atoms with Gasteiger partial charge in [0.1, 0.15) is 0 Å². The third-order valence-corrected chi connectivity index (χ3v) is 4.07. The van der Waals surface area contributed by atoms with Crippen LogP contribution in [-0.2, 0) is 5.60 Å². The average molecular weight is 232 g/mol. The molecule has 1 aromatic carbocycles. The SMILES string of the molecule is Cc1ccc(C)c(C2(O)CC(C)CC(C)C2)c1. The van der Waals surface area contributed by atoms with E-state index in [-0.39, 0.29) is 0 Å². The fourth-order valence-corrected chi connectivity index (χ4v) is 3.55. The molecule has 1 heteroatoms. The zero-order valence-electron chi connectivity index (χ0n) is 11.5. The molecule has 2 atom stereocenters. The van der Waals surface area contributed by atoms with Gasteiger partial charge >= 0.3 is 0 Å². The summed E-state index contributed by atoms with van der Waals surface area (Å²) in [5.74, 6) is 1.23. The van der Waals surface area contributed by atoms with Crippen LogP contribution >= 0.6 is 0 Å². The minimum absolute atomic E-state index is 0.604. The lowest BCUT2D eigenvalue weighted by Crippen LogP contribution is -2.36. The normalized spacial score (nSPS) is 33.7. The first kappa shape index (κ1) is 12.6. The van der Waals surface area contributed by atoms with Gasteiger partial charge in [-0.3, -0.25) is 0 Å². The van der Waals surface area contributed by atoms with E-state index in [1.54, 1.807) is 0 Å². The second-order valence-electron chi connectivity index (χ2n) is 6.20. The maximum atomic E-state index is 11.0. The molecule has 1 aliphatic rings. The molecule has 0 bridgehead atoms. The molecule has 1 aliphatic carbocycles. The van der Waals surface area contributed by atoms with Crippen LogP contribution < -0.4 is 0 Å². The standard InChI is InChI=1S/C16H24O/c1-11-5-6-14(4)15(8-11)16(17)9-12(2)7-13(3)10-16/h5-6,8,12-13,17H,7,9-10H2,1-4H3. The molecule has 1 N–H and O–H groups in total. The zero-order chi connectivity index (χ0) is 12.6. The Bertz CT molecular complexity index is 398. The van der Waals surface area contributed by atoms with Gasteiger partial charge in [0.25, 0.3) is 0 Å². The number of aryl methyl sites for hydroxylation is 2. The van der Waals surface area contributed by atoms with Crippen LogP contribution in [0.25, 0.3) is 0 Å². The minimum atomic E-state index is -0.604. The maximum absolute atomic E-state index is 11.0. The molecule has 0 heterocycles. The predicted molar refractivity (Wildman–Crippen MR) is 72.0 cm³/mol. The van der Waals surface area contributed by atoms with Gasteiger partial charge in [-0.25, -0.2) is 0 Å². The van der Waals surface area contributed by atoms with Crippen LogP contribution in [0.3, 0.4) is 0 Å². The van der Waals surface area contributed by atoms with Crippen LogP contribution in [-0.4, -0.2) is 5.11 Å². The molecule has 1 saturated carbocycles. The zero-order valence-corrected chi connectivity index (χ0v) is 11.5. The summed E-state index contributed by atoms with van der Waals surface area (Å²) in [5.41, 5.74) is 3.01. The van der Waals surface area contributed by atoms with Gasteiger partial charge in [0, 0.05) is 0 Å². The maximum Gasteiger partial charge on any atom is 0.0904 e. The summed E-state index contributed by atoms with van der Waals surface area (Å²) in [6, 6.07) is 6.42. The molecular weight excluding hydrogens is 208 g/mol. The van der Waals surface area contributed by atoms with E-state index in [0.717, 1.165) is 18.4 Å². The Morgan fingerprint density at radius 2 is 1.71 bits per heavy atom. The quantitative estimate of drug-likeness (QED) is 0.777. The highest BCUT2D eigenvalue weighted by Gasteiger charge is 2.38. The van der Waals surface area contributed by atoms with Crippen molar-refractivity contribution in [3.8, 4) is 0 Å². The van der Waals surface area contributed by atoms with Crippen molar-refractivity contribution in [3.05, 3.63) is 34.9 Å². The van der Waals surface area contributed by atoms with Crippen LogP contribution in [0.4, 0.5) is 0 Å². The fourth-order valence-electron chi connectivity index (χ4n) is 3.55. The van der Waals surface area contributed by atoms with Gasteiger partial charge < -0.3 is 5.11 Å². The topological polar surface area (TPSA) is 20.2 Å². The summed E-state index contributed by atoms with van der Waals surface area (Å²) in [6.07, 6.45) is 3.05. The molecule has 1 fully saturated rings. The first-order chi connectivity index (χ1) is 7.90. The van der Waals surface area contributed by atoms with Crippen LogP contribution in [0.15, 0.2) is 18.2 Å². The number of rotatable bonds is 1. The van der Waals surface area contributed by atoms with Gasteiger partial charge in [0.2, 0.25) is 0 Å². The highest BCUT2D eigenvalue weighted by molar-refractivity contribution is 5.35. The largest absolute Gasteiger partial charge is 0.385 e. The van der Waals surface area contributed by atoms with Gasteiger partial charge in [-0.1, -0.05) is 37.6 Å². The van der Waals surface area contributed by atoms with Gasteiger partial charge in [0.15, 0.2) is 0 Å². The molecule has 0 saturated heterocycles. The average Bonchev–Trinajstić information content (AvgIpc) is 2.19. The molecule has 1 nitrogen and oxygen atoms in total. The van der Waals surface area contributed by atoms with E-state index < -0.39 is 5.60 Å². The van der Waals surface area contributed by atoms with Crippen molar-refractivity contribution in [1.82, 2.24) is 0 Å². The first-order valence-electron chi connectivity index (χ1n) is 6.71. The third-order valence-electron chi connectivity index (χ3n) is 4.07. The van der Waals surface area contributed by atoms with Gasteiger partial charge in [-0.15, -0.1) is 0 Å². The molecule has 0 radical (unpaired) electrons.